The summed E-state index contributed by atoms with van der Waals surface area (Å²) in [6, 6.07) is 35.4. The summed E-state index contributed by atoms with van der Waals surface area (Å²) in [6.07, 6.45) is 60.1. The van der Waals surface area contributed by atoms with Crippen molar-refractivity contribution in [1.29, 1.82) is 0 Å². The fourth-order valence-electron chi connectivity index (χ4n) is 20.4. The molecule has 128 heavy (non-hydrogen) atoms. The fraction of sp³-hybridized carbons (Fsp3) is 0.750. The molecular weight excluding hydrogens is 1600 g/mol. The highest BCUT2D eigenvalue weighted by Crippen LogP contribution is 2.43. The number of benzene rings is 4. The van der Waals surface area contributed by atoms with Gasteiger partial charge in [-0.3, -0.25) is 19.2 Å². The zero-order valence-corrected chi connectivity index (χ0v) is 81.5. The number of aliphatic hydroxyl groups is 1. The quantitative estimate of drug-likeness (QED) is 0.0251. The summed E-state index contributed by atoms with van der Waals surface area (Å²) in [4.78, 5) is 60.0. The van der Waals surface area contributed by atoms with Crippen molar-refractivity contribution in [1.82, 2.24) is 14.7 Å². The van der Waals surface area contributed by atoms with Crippen LogP contribution in [0.2, 0.25) is 0 Å². The molecule has 0 spiro atoms. The molecule has 4 aliphatic carbocycles. The van der Waals surface area contributed by atoms with Gasteiger partial charge in [-0.05, 0) is 363 Å². The zero-order valence-electron chi connectivity index (χ0n) is 81.5. The fourth-order valence-corrected chi connectivity index (χ4v) is 20.4. The van der Waals surface area contributed by atoms with E-state index in [2.05, 4.69) is 139 Å². The van der Waals surface area contributed by atoms with Crippen molar-refractivity contribution in [2.75, 3.05) is 118 Å². The summed E-state index contributed by atoms with van der Waals surface area (Å²) < 4.78 is 47.8. The van der Waals surface area contributed by atoms with E-state index >= 15 is 0 Å². The number of unbranched alkanes of at least 4 members (excludes halogenated alkanes) is 20. The lowest BCUT2D eigenvalue weighted by Crippen LogP contribution is -2.36. The van der Waals surface area contributed by atoms with Crippen molar-refractivity contribution in [3.8, 4) is 23.0 Å². The second-order valence-electron chi connectivity index (χ2n) is 39.0. The Labute approximate surface area is 778 Å². The number of aliphatic hydroxyl groups excluding tert-OH is 1. The maximum absolute atomic E-state index is 13.3. The van der Waals surface area contributed by atoms with Gasteiger partial charge < -0.3 is 57.7 Å². The minimum Gasteiger partial charge on any atom is -0.494 e. The van der Waals surface area contributed by atoms with Crippen molar-refractivity contribution in [3.63, 3.8) is 0 Å². The van der Waals surface area contributed by atoms with Gasteiger partial charge >= 0.3 is 23.9 Å². The molecule has 0 atom stereocenters. The van der Waals surface area contributed by atoms with E-state index in [9.17, 15) is 24.3 Å². The Balaban J connectivity index is 0.740. The van der Waals surface area contributed by atoms with Gasteiger partial charge in [-0.1, -0.05) is 179 Å². The van der Waals surface area contributed by atoms with E-state index in [1.165, 1.54) is 228 Å². The Bertz CT molecular complexity index is 2960. The maximum Gasteiger partial charge on any atom is 0.307 e. The van der Waals surface area contributed by atoms with Gasteiger partial charge in [0.05, 0.1) is 85.1 Å². The molecule has 1 N–H and O–H groups in total. The summed E-state index contributed by atoms with van der Waals surface area (Å²) in [5, 5.41) is 10.4. The van der Waals surface area contributed by atoms with Crippen LogP contribution < -0.4 is 18.9 Å². The zero-order chi connectivity index (χ0) is 90.2. The number of hydrogen-bond donors (Lipinski definition) is 1. The SMILES string of the molecule is CCCCCC1CCC(c2ccc(OCCCCCCOC(=O)CCN(CCCN(CCO)CCCN(CCC(=O)OCCCCCCOc3ccc(C4CCC(CCCCC)CC4)cc3)CCC(=O)OCCCCCCOc3ccc(C4CCC(CCCCC)CC4)cc3)CCC(=O)OCCCCCCOc3ccc(C4CCC(CCCCC)CC4)cc3)cc2)CC1. The van der Waals surface area contributed by atoms with Crippen LogP contribution in [0.15, 0.2) is 97.1 Å². The van der Waals surface area contributed by atoms with Crippen LogP contribution in [0.3, 0.4) is 0 Å². The lowest BCUT2D eigenvalue weighted by molar-refractivity contribution is -0.146. The van der Waals surface area contributed by atoms with E-state index in [0.29, 0.717) is 135 Å². The molecule has 16 nitrogen and oxygen atoms in total. The summed E-state index contributed by atoms with van der Waals surface area (Å²) in [7, 11) is 0. The van der Waals surface area contributed by atoms with Crippen LogP contribution in [0.5, 0.6) is 23.0 Å². The molecular formula is C112H181N3O13. The Morgan fingerprint density at radius 2 is 0.445 bits per heavy atom. The Hall–Kier alpha value is -6.20. The van der Waals surface area contributed by atoms with Gasteiger partial charge in [0.15, 0.2) is 0 Å². The predicted molar refractivity (Wildman–Crippen MR) is 525 cm³/mol. The standard InChI is InChI=1S/C112H181N3O13/c1-5-9-21-35-93-39-47-97(48-40-93)101-55-63-105(64-56-101)121-85-25-13-17-29-89-125-109(117)71-79-114(80-72-110(118)126-90-30-18-14-26-86-122-106-65-57-102(58-66-106)98-49-41-94(42-50-98)36-22-10-6-2)77-33-75-113(83-84-116)76-34-78-115(81-73-111(119)127-91-31-19-15-27-87-123-107-67-59-103(60-68-107)99-51-43-95(44-52-99)37-23-11-7-3)82-74-112(120)128-92-32-20-16-28-88-124-108-69-61-104(62-70-108)100-53-45-96(46-54-100)38-24-12-8-4/h55-70,93-100,116H,5-54,71-92H2,1-4H3. The molecule has 0 saturated heterocycles. The number of nitrogens with zero attached hydrogens (tertiary/aromatic N) is 3. The molecule has 16 heteroatoms. The van der Waals surface area contributed by atoms with Crippen LogP contribution in [-0.4, -0.2) is 162 Å². The van der Waals surface area contributed by atoms with Crippen LogP contribution in [0, 0.1) is 23.7 Å². The number of ether oxygens (including phenoxy) is 8. The molecule has 0 unspecified atom stereocenters. The average molecular weight is 1780 g/mol. The van der Waals surface area contributed by atoms with Crippen molar-refractivity contribution in [3.05, 3.63) is 119 Å². The lowest BCUT2D eigenvalue weighted by Gasteiger charge is -2.29. The molecule has 0 aromatic heterocycles. The summed E-state index contributed by atoms with van der Waals surface area (Å²) >= 11 is 0. The molecule has 0 bridgehead atoms. The first-order valence-corrected chi connectivity index (χ1v) is 53.3. The van der Waals surface area contributed by atoms with Gasteiger partial charge in [-0.2, -0.15) is 0 Å². The molecule has 4 aromatic carbocycles. The molecule has 0 radical (unpaired) electrons. The van der Waals surface area contributed by atoms with Crippen molar-refractivity contribution in [2.45, 2.75) is 398 Å². The van der Waals surface area contributed by atoms with E-state index in [-0.39, 0.29) is 56.2 Å². The molecule has 4 aromatic rings. The maximum atomic E-state index is 13.3. The van der Waals surface area contributed by atoms with Gasteiger partial charge in [0.2, 0.25) is 0 Å². The average Bonchev–Trinajstić information content (AvgIpc) is 0.867. The van der Waals surface area contributed by atoms with E-state index in [1.807, 2.05) is 0 Å². The van der Waals surface area contributed by atoms with Gasteiger partial charge in [0, 0.05) is 32.7 Å². The molecule has 722 valence electrons. The molecule has 0 heterocycles. The third-order valence-corrected chi connectivity index (χ3v) is 28.8. The molecule has 8 rings (SSSR count). The molecule has 0 aliphatic heterocycles. The van der Waals surface area contributed by atoms with Crippen molar-refractivity contribution in [2.24, 2.45) is 23.7 Å². The van der Waals surface area contributed by atoms with Crippen LogP contribution in [0.1, 0.15) is 420 Å². The van der Waals surface area contributed by atoms with E-state index < -0.39 is 0 Å². The van der Waals surface area contributed by atoms with Gasteiger partial charge in [-0.25, -0.2) is 0 Å². The summed E-state index contributed by atoms with van der Waals surface area (Å²) in [5.74, 6) is 9.08. The first-order valence-electron chi connectivity index (χ1n) is 53.3. The monoisotopic (exact) mass is 1780 g/mol. The first-order chi connectivity index (χ1) is 62.9. The highest BCUT2D eigenvalue weighted by atomic mass is 16.5. The second kappa shape index (κ2) is 68.8. The Morgan fingerprint density at radius 3 is 0.648 bits per heavy atom. The Morgan fingerprint density at radius 1 is 0.242 bits per heavy atom. The third-order valence-electron chi connectivity index (χ3n) is 28.8. The van der Waals surface area contributed by atoms with Crippen molar-refractivity contribution >= 4 is 23.9 Å². The lowest BCUT2D eigenvalue weighted by atomic mass is 9.77. The van der Waals surface area contributed by atoms with Crippen molar-refractivity contribution < 1.29 is 62.2 Å². The Kier molecular flexibility index (Phi) is 57.5. The highest BCUT2D eigenvalue weighted by molar-refractivity contribution is 5.71. The van der Waals surface area contributed by atoms with Gasteiger partial charge in [-0.15, -0.1) is 0 Å². The molecule has 4 aliphatic rings. The number of hydrogen-bond acceptors (Lipinski definition) is 16. The number of carbonyl (C=O) groups is 4. The summed E-state index contributed by atoms with van der Waals surface area (Å²) in [5.41, 5.74) is 5.80. The normalized spacial score (nSPS) is 19.0. The minimum absolute atomic E-state index is 0.00238. The first kappa shape index (κ1) is 107. The third kappa shape index (κ3) is 47.4. The smallest absolute Gasteiger partial charge is 0.307 e. The van der Waals surface area contributed by atoms with Crippen LogP contribution in [-0.2, 0) is 38.1 Å². The summed E-state index contributed by atoms with van der Waals surface area (Å²) in [6.45, 7) is 18.3. The van der Waals surface area contributed by atoms with Crippen LogP contribution in [0.25, 0.3) is 0 Å². The highest BCUT2D eigenvalue weighted by Gasteiger charge is 2.28. The van der Waals surface area contributed by atoms with E-state index in [0.717, 1.165) is 162 Å². The second-order valence-corrected chi connectivity index (χ2v) is 39.0. The van der Waals surface area contributed by atoms with Gasteiger partial charge in [0.25, 0.3) is 0 Å². The number of esters is 4. The minimum atomic E-state index is -0.241. The topological polar surface area (TPSA) is 172 Å². The predicted octanol–water partition coefficient (Wildman–Crippen LogP) is 27.4. The largest absolute Gasteiger partial charge is 0.494 e. The van der Waals surface area contributed by atoms with Crippen LogP contribution >= 0.6 is 0 Å². The number of rotatable bonds is 74. The van der Waals surface area contributed by atoms with Crippen LogP contribution in [0.4, 0.5) is 0 Å². The molecule has 4 fully saturated rings. The molecule has 0 amide bonds. The van der Waals surface area contributed by atoms with E-state index in [4.69, 9.17) is 37.9 Å². The molecule has 4 saturated carbocycles. The van der Waals surface area contributed by atoms with E-state index in [1.54, 1.807) is 0 Å². The number of carbonyl (C=O) groups excluding carboxylic acids is 4. The van der Waals surface area contributed by atoms with Gasteiger partial charge in [0.1, 0.15) is 23.0 Å².